The van der Waals surface area contributed by atoms with Crippen molar-refractivity contribution >= 4 is 15.7 Å². The smallest absolute Gasteiger partial charge is 0.418 e. The van der Waals surface area contributed by atoms with E-state index in [2.05, 4.69) is 14.5 Å². The molecular weight excluding hydrogens is 499 g/mol. The highest BCUT2D eigenvalue weighted by molar-refractivity contribution is 7.92. The van der Waals surface area contributed by atoms with Gasteiger partial charge in [0.05, 0.1) is 5.69 Å². The summed E-state index contributed by atoms with van der Waals surface area (Å²) in [6.45, 7) is -7.23. The predicted molar refractivity (Wildman–Crippen MR) is 92.5 cm³/mol. The van der Waals surface area contributed by atoms with E-state index in [1.807, 2.05) is 0 Å². The largest absolute Gasteiger partial charge is 0.432 e. The number of nitrogens with one attached hydrogen (secondary N) is 2. The van der Waals surface area contributed by atoms with E-state index in [1.54, 1.807) is 4.72 Å². The van der Waals surface area contributed by atoms with Crippen LogP contribution in [0.2, 0.25) is 0 Å². The van der Waals surface area contributed by atoms with E-state index in [-0.39, 0.29) is 23.4 Å². The molecule has 0 unspecified atom stereocenters. The zero-order valence-corrected chi connectivity index (χ0v) is 16.8. The van der Waals surface area contributed by atoms with Gasteiger partial charge in [-0.15, -0.1) is 0 Å². The number of anilines is 1. The Morgan fingerprint density at radius 1 is 1.06 bits per heavy atom. The number of hydrogen-bond acceptors (Lipinski definition) is 4. The van der Waals surface area contributed by atoms with Crippen molar-refractivity contribution in [3.8, 4) is 5.75 Å². The van der Waals surface area contributed by atoms with Crippen LogP contribution < -0.4 is 9.46 Å². The standard InChI is InChI=1S/C17H13F9N2O4S/c18-8-4-12(31-14(20)21)9(19)3-10(8)28-33(29,30)13-6-27-11-5-16(17(24,25)26,32-15(22)23)2-1-7(11)13/h3-4,6,14-15,27-28H,1-2,5H2/t16-/m1/s1. The van der Waals surface area contributed by atoms with E-state index in [1.165, 1.54) is 0 Å². The van der Waals surface area contributed by atoms with Gasteiger partial charge in [0.2, 0.25) is 0 Å². The van der Waals surface area contributed by atoms with Crippen molar-refractivity contribution in [2.75, 3.05) is 4.72 Å². The van der Waals surface area contributed by atoms with Crippen LogP contribution >= 0.6 is 0 Å². The van der Waals surface area contributed by atoms with Gasteiger partial charge in [0.15, 0.2) is 23.0 Å². The van der Waals surface area contributed by atoms with Crippen molar-refractivity contribution in [3.05, 3.63) is 41.2 Å². The summed E-state index contributed by atoms with van der Waals surface area (Å²) in [6.07, 6.45) is -7.28. The number of aromatic nitrogens is 1. The molecule has 0 radical (unpaired) electrons. The molecule has 2 N–H and O–H groups in total. The average molecular weight is 512 g/mol. The number of alkyl halides is 7. The third-order valence-corrected chi connectivity index (χ3v) is 6.32. The number of rotatable bonds is 7. The summed E-state index contributed by atoms with van der Waals surface area (Å²) < 4.78 is 152. The van der Waals surface area contributed by atoms with E-state index in [9.17, 15) is 47.9 Å². The molecule has 1 aromatic heterocycles. The predicted octanol–water partition coefficient (Wildman–Crippen LogP) is 4.72. The SMILES string of the molecule is O=S(=O)(Nc1cc(F)c(OC(F)F)cc1F)c1c[nH]c2c1CC[C@](OC(F)F)(C(F)(F)F)C2. The number of ether oxygens (including phenoxy) is 2. The Kier molecular flexibility index (Phi) is 6.54. The normalized spacial score (nSPS) is 19.1. The molecular formula is C17H13F9N2O4S. The summed E-state index contributed by atoms with van der Waals surface area (Å²) in [4.78, 5) is 1.62. The zero-order chi connectivity index (χ0) is 24.8. The van der Waals surface area contributed by atoms with Crippen LogP contribution in [0.5, 0.6) is 5.75 Å². The van der Waals surface area contributed by atoms with Gasteiger partial charge in [0.1, 0.15) is 4.90 Å². The van der Waals surface area contributed by atoms with Crippen LogP contribution in [0.15, 0.2) is 23.2 Å². The van der Waals surface area contributed by atoms with Gasteiger partial charge in [-0.05, 0) is 18.4 Å². The second kappa shape index (κ2) is 8.62. The topological polar surface area (TPSA) is 80.4 Å². The average Bonchev–Trinajstić information content (AvgIpc) is 3.07. The molecule has 2 aromatic rings. The maximum atomic E-state index is 14.1. The lowest BCUT2D eigenvalue weighted by Crippen LogP contribution is -2.52. The first kappa shape index (κ1) is 25.0. The number of aromatic amines is 1. The van der Waals surface area contributed by atoms with Crippen molar-refractivity contribution < 1.29 is 57.4 Å². The maximum absolute atomic E-state index is 14.1. The minimum absolute atomic E-state index is 0.172. The third-order valence-electron chi connectivity index (χ3n) is 4.88. The van der Waals surface area contributed by atoms with Gasteiger partial charge in [-0.2, -0.15) is 30.7 Å². The molecule has 0 saturated heterocycles. The molecule has 1 aromatic carbocycles. The fourth-order valence-electron chi connectivity index (χ4n) is 3.42. The maximum Gasteiger partial charge on any atom is 0.418 e. The first-order valence-electron chi connectivity index (χ1n) is 8.84. The Labute approximate surface area is 179 Å². The van der Waals surface area contributed by atoms with Gasteiger partial charge in [0.25, 0.3) is 10.0 Å². The highest BCUT2D eigenvalue weighted by atomic mass is 32.2. The summed E-state index contributed by atoms with van der Waals surface area (Å²) in [7, 11) is -4.73. The van der Waals surface area contributed by atoms with Gasteiger partial charge >= 0.3 is 19.4 Å². The summed E-state index contributed by atoms with van der Waals surface area (Å²) in [5.41, 5.74) is -4.81. The Bertz CT molecular complexity index is 1130. The number of hydrogen-bond donors (Lipinski definition) is 2. The van der Waals surface area contributed by atoms with E-state index >= 15 is 0 Å². The molecule has 0 bridgehead atoms. The highest BCUT2D eigenvalue weighted by Crippen LogP contribution is 2.45. The number of benzene rings is 1. The van der Waals surface area contributed by atoms with Crippen LogP contribution in [0.25, 0.3) is 0 Å². The zero-order valence-electron chi connectivity index (χ0n) is 16.0. The first-order chi connectivity index (χ1) is 15.1. The fraction of sp³-hybridized carbons (Fsp3) is 0.412. The summed E-state index contributed by atoms with van der Waals surface area (Å²) in [5.74, 6) is -4.20. The minimum atomic E-state index is -5.20. The fourth-order valence-corrected chi connectivity index (χ4v) is 4.74. The Hall–Kier alpha value is -2.62. The van der Waals surface area contributed by atoms with Crippen molar-refractivity contribution in [2.24, 2.45) is 0 Å². The van der Waals surface area contributed by atoms with Gasteiger partial charge in [-0.1, -0.05) is 0 Å². The summed E-state index contributed by atoms with van der Waals surface area (Å²) >= 11 is 0. The van der Waals surface area contributed by atoms with Crippen LogP contribution in [0, 0.1) is 11.6 Å². The van der Waals surface area contributed by atoms with E-state index in [0.29, 0.717) is 0 Å². The molecule has 0 spiro atoms. The van der Waals surface area contributed by atoms with Crippen molar-refractivity contribution in [1.29, 1.82) is 0 Å². The molecule has 0 saturated carbocycles. The molecule has 1 aliphatic carbocycles. The number of H-pyrrole nitrogens is 1. The van der Waals surface area contributed by atoms with Crippen molar-refractivity contribution in [2.45, 2.75) is 49.2 Å². The van der Waals surface area contributed by atoms with Gasteiger partial charge in [-0.25, -0.2) is 17.2 Å². The van der Waals surface area contributed by atoms with E-state index < -0.39 is 82.3 Å². The van der Waals surface area contributed by atoms with Gasteiger partial charge < -0.3 is 14.5 Å². The van der Waals surface area contributed by atoms with E-state index in [4.69, 9.17) is 0 Å². The quantitative estimate of drug-likeness (QED) is 0.527. The van der Waals surface area contributed by atoms with Crippen LogP contribution in [-0.2, 0) is 27.6 Å². The second-order valence-corrected chi connectivity index (χ2v) is 8.55. The number of sulfonamides is 1. The molecule has 16 heteroatoms. The summed E-state index contributed by atoms with van der Waals surface area (Å²) in [6, 6.07) is 0.403. The monoisotopic (exact) mass is 512 g/mol. The van der Waals surface area contributed by atoms with Gasteiger partial charge in [-0.3, -0.25) is 4.72 Å². The third kappa shape index (κ3) is 5.00. The van der Waals surface area contributed by atoms with Crippen LogP contribution in [0.4, 0.5) is 45.2 Å². The Balaban J connectivity index is 1.91. The molecule has 184 valence electrons. The van der Waals surface area contributed by atoms with Crippen molar-refractivity contribution in [3.63, 3.8) is 0 Å². The molecule has 1 atom stereocenters. The van der Waals surface area contributed by atoms with Crippen LogP contribution in [0.1, 0.15) is 17.7 Å². The highest BCUT2D eigenvalue weighted by Gasteiger charge is 2.59. The van der Waals surface area contributed by atoms with Gasteiger partial charge in [0, 0.05) is 30.4 Å². The molecule has 0 aliphatic heterocycles. The second-order valence-electron chi connectivity index (χ2n) is 6.90. The molecule has 33 heavy (non-hydrogen) atoms. The lowest BCUT2D eigenvalue weighted by Gasteiger charge is -2.38. The summed E-state index contributed by atoms with van der Waals surface area (Å²) in [5, 5.41) is 0. The number of halogens is 9. The minimum Gasteiger partial charge on any atom is -0.432 e. The molecule has 3 rings (SSSR count). The lowest BCUT2D eigenvalue weighted by molar-refractivity contribution is -0.330. The van der Waals surface area contributed by atoms with E-state index in [0.717, 1.165) is 6.20 Å². The Morgan fingerprint density at radius 3 is 2.30 bits per heavy atom. The lowest BCUT2D eigenvalue weighted by atomic mass is 9.83. The number of fused-ring (bicyclic) bond motifs is 1. The van der Waals surface area contributed by atoms with Crippen molar-refractivity contribution in [1.82, 2.24) is 4.98 Å². The molecule has 6 nitrogen and oxygen atoms in total. The molecule has 1 heterocycles. The molecule has 0 amide bonds. The first-order valence-corrected chi connectivity index (χ1v) is 10.3. The Morgan fingerprint density at radius 2 is 1.73 bits per heavy atom. The molecule has 1 aliphatic rings. The van der Waals surface area contributed by atoms with Crippen LogP contribution in [0.3, 0.4) is 0 Å². The molecule has 0 fully saturated rings. The van der Waals surface area contributed by atoms with Crippen LogP contribution in [-0.4, -0.2) is 38.4 Å².